The standard InChI is InChI=1S/C13H10ClF2NO/c1-7-9(14)3-5-12(17)13(7)18-8-2-4-10(15)11(16)6-8/h2-6H,17H2,1H3. The van der Waals surface area contributed by atoms with Crippen LogP contribution in [0.2, 0.25) is 5.02 Å². The van der Waals surface area contributed by atoms with Gasteiger partial charge >= 0.3 is 0 Å². The quantitative estimate of drug-likeness (QED) is 0.825. The highest BCUT2D eigenvalue weighted by Gasteiger charge is 2.11. The summed E-state index contributed by atoms with van der Waals surface area (Å²) in [6, 6.07) is 6.49. The van der Waals surface area contributed by atoms with Crippen LogP contribution in [0.15, 0.2) is 30.3 Å². The molecule has 2 aromatic rings. The predicted molar refractivity (Wildman–Crippen MR) is 67.0 cm³/mol. The number of hydrogen-bond acceptors (Lipinski definition) is 2. The molecule has 2 aromatic carbocycles. The minimum Gasteiger partial charge on any atom is -0.455 e. The van der Waals surface area contributed by atoms with Gasteiger partial charge in [-0.05, 0) is 31.2 Å². The average molecular weight is 270 g/mol. The maximum Gasteiger partial charge on any atom is 0.162 e. The molecular weight excluding hydrogens is 260 g/mol. The maximum atomic E-state index is 13.1. The maximum absolute atomic E-state index is 13.1. The molecule has 94 valence electrons. The van der Waals surface area contributed by atoms with Crippen molar-refractivity contribution in [1.82, 2.24) is 0 Å². The molecule has 0 aromatic heterocycles. The average Bonchev–Trinajstić information content (AvgIpc) is 2.34. The smallest absolute Gasteiger partial charge is 0.162 e. The van der Waals surface area contributed by atoms with Crippen LogP contribution in [0.5, 0.6) is 11.5 Å². The predicted octanol–water partition coefficient (Wildman–Crippen LogP) is 4.30. The molecule has 0 fully saturated rings. The molecule has 0 unspecified atom stereocenters. The summed E-state index contributed by atoms with van der Waals surface area (Å²) in [6.45, 7) is 1.73. The van der Waals surface area contributed by atoms with Crippen molar-refractivity contribution < 1.29 is 13.5 Å². The van der Waals surface area contributed by atoms with Gasteiger partial charge in [-0.1, -0.05) is 11.6 Å². The molecule has 2 nitrogen and oxygen atoms in total. The summed E-state index contributed by atoms with van der Waals surface area (Å²) in [6.07, 6.45) is 0. The molecule has 18 heavy (non-hydrogen) atoms. The molecule has 0 heterocycles. The van der Waals surface area contributed by atoms with E-state index in [1.165, 1.54) is 6.07 Å². The van der Waals surface area contributed by atoms with Gasteiger partial charge < -0.3 is 10.5 Å². The zero-order chi connectivity index (χ0) is 13.3. The van der Waals surface area contributed by atoms with Crippen molar-refractivity contribution in [3.05, 3.63) is 52.6 Å². The lowest BCUT2D eigenvalue weighted by Crippen LogP contribution is -1.96. The number of nitrogens with two attached hydrogens (primary N) is 1. The molecule has 0 saturated carbocycles. The summed E-state index contributed by atoms with van der Waals surface area (Å²) in [5, 5.41) is 0.488. The molecule has 0 bridgehead atoms. The Morgan fingerprint density at radius 3 is 2.50 bits per heavy atom. The Morgan fingerprint density at radius 1 is 1.11 bits per heavy atom. The molecular formula is C13H10ClF2NO. The second-order valence-corrected chi connectivity index (χ2v) is 4.18. The van der Waals surface area contributed by atoms with E-state index in [4.69, 9.17) is 22.1 Å². The largest absolute Gasteiger partial charge is 0.455 e. The van der Waals surface area contributed by atoms with Gasteiger partial charge in [0.25, 0.3) is 0 Å². The minimum atomic E-state index is -0.981. The number of nitrogen functional groups attached to an aromatic ring is 1. The third-order valence-corrected chi connectivity index (χ3v) is 2.89. The van der Waals surface area contributed by atoms with E-state index >= 15 is 0 Å². The lowest BCUT2D eigenvalue weighted by atomic mass is 10.2. The highest BCUT2D eigenvalue weighted by atomic mass is 35.5. The molecule has 0 amide bonds. The number of halogens is 3. The monoisotopic (exact) mass is 269 g/mol. The van der Waals surface area contributed by atoms with Crippen molar-refractivity contribution in [2.45, 2.75) is 6.92 Å². The zero-order valence-corrected chi connectivity index (χ0v) is 10.3. The summed E-state index contributed by atoms with van der Waals surface area (Å²) >= 11 is 5.94. The summed E-state index contributed by atoms with van der Waals surface area (Å²) in [7, 11) is 0. The molecule has 0 aliphatic carbocycles. The lowest BCUT2D eigenvalue weighted by Gasteiger charge is -2.12. The van der Waals surface area contributed by atoms with E-state index in [0.29, 0.717) is 22.0 Å². The third-order valence-electron chi connectivity index (χ3n) is 2.48. The fraction of sp³-hybridized carbons (Fsp3) is 0.0769. The Balaban J connectivity index is 2.39. The topological polar surface area (TPSA) is 35.2 Å². The number of anilines is 1. The van der Waals surface area contributed by atoms with Crippen LogP contribution in [0.1, 0.15) is 5.56 Å². The molecule has 0 saturated heterocycles. The fourth-order valence-electron chi connectivity index (χ4n) is 1.48. The van der Waals surface area contributed by atoms with Crippen molar-refractivity contribution in [3.8, 4) is 11.5 Å². The van der Waals surface area contributed by atoms with Crippen LogP contribution in [-0.2, 0) is 0 Å². The van der Waals surface area contributed by atoms with E-state index in [-0.39, 0.29) is 5.75 Å². The summed E-state index contributed by atoms with van der Waals surface area (Å²) in [4.78, 5) is 0. The van der Waals surface area contributed by atoms with Crippen molar-refractivity contribution >= 4 is 17.3 Å². The van der Waals surface area contributed by atoms with Crippen molar-refractivity contribution in [2.75, 3.05) is 5.73 Å². The van der Waals surface area contributed by atoms with Crippen molar-refractivity contribution in [1.29, 1.82) is 0 Å². The number of ether oxygens (including phenoxy) is 1. The van der Waals surface area contributed by atoms with E-state index in [2.05, 4.69) is 0 Å². The van der Waals surface area contributed by atoms with Gasteiger partial charge in [0.2, 0.25) is 0 Å². The Bertz CT molecular complexity index is 602. The first-order valence-electron chi connectivity index (χ1n) is 5.16. The van der Waals surface area contributed by atoms with Crippen LogP contribution in [0, 0.1) is 18.6 Å². The SMILES string of the molecule is Cc1c(Cl)ccc(N)c1Oc1ccc(F)c(F)c1. The van der Waals surface area contributed by atoms with Crippen LogP contribution in [0.3, 0.4) is 0 Å². The summed E-state index contributed by atoms with van der Waals surface area (Å²) < 4.78 is 31.3. The van der Waals surface area contributed by atoms with Gasteiger partial charge in [0.15, 0.2) is 17.4 Å². The van der Waals surface area contributed by atoms with Crippen LogP contribution < -0.4 is 10.5 Å². The molecule has 0 spiro atoms. The second-order valence-electron chi connectivity index (χ2n) is 3.77. The first-order valence-corrected chi connectivity index (χ1v) is 5.54. The van der Waals surface area contributed by atoms with Gasteiger partial charge in [0.05, 0.1) is 5.69 Å². The van der Waals surface area contributed by atoms with Crippen molar-refractivity contribution in [3.63, 3.8) is 0 Å². The highest BCUT2D eigenvalue weighted by Crippen LogP contribution is 2.35. The Hall–Kier alpha value is -1.81. The number of benzene rings is 2. The first-order chi connectivity index (χ1) is 8.49. The Kier molecular flexibility index (Phi) is 3.39. The van der Waals surface area contributed by atoms with E-state index in [1.54, 1.807) is 19.1 Å². The zero-order valence-electron chi connectivity index (χ0n) is 9.51. The van der Waals surface area contributed by atoms with Gasteiger partial charge in [0, 0.05) is 16.7 Å². The molecule has 5 heteroatoms. The molecule has 0 atom stereocenters. The minimum absolute atomic E-state index is 0.158. The second kappa shape index (κ2) is 4.82. The van der Waals surface area contributed by atoms with E-state index < -0.39 is 11.6 Å². The van der Waals surface area contributed by atoms with Gasteiger partial charge in [-0.15, -0.1) is 0 Å². The first kappa shape index (κ1) is 12.6. The van der Waals surface area contributed by atoms with Crippen LogP contribution in [0.4, 0.5) is 14.5 Å². The number of hydrogen-bond donors (Lipinski definition) is 1. The summed E-state index contributed by atoms with van der Waals surface area (Å²) in [5.74, 6) is -1.41. The van der Waals surface area contributed by atoms with Gasteiger partial charge in [-0.3, -0.25) is 0 Å². The molecule has 0 aliphatic rings. The van der Waals surface area contributed by atoms with Crippen LogP contribution >= 0.6 is 11.6 Å². The van der Waals surface area contributed by atoms with Crippen LogP contribution in [-0.4, -0.2) is 0 Å². The van der Waals surface area contributed by atoms with E-state index in [0.717, 1.165) is 12.1 Å². The van der Waals surface area contributed by atoms with Gasteiger partial charge in [0.1, 0.15) is 5.75 Å². The van der Waals surface area contributed by atoms with Gasteiger partial charge in [-0.25, -0.2) is 8.78 Å². The third kappa shape index (κ3) is 2.38. The highest BCUT2D eigenvalue weighted by molar-refractivity contribution is 6.31. The molecule has 0 radical (unpaired) electrons. The fourth-order valence-corrected chi connectivity index (χ4v) is 1.63. The molecule has 2 rings (SSSR count). The molecule has 2 N–H and O–H groups in total. The lowest BCUT2D eigenvalue weighted by molar-refractivity contribution is 0.461. The van der Waals surface area contributed by atoms with Crippen LogP contribution in [0.25, 0.3) is 0 Å². The van der Waals surface area contributed by atoms with E-state index in [1.807, 2.05) is 0 Å². The Labute approximate surface area is 108 Å². The normalized spacial score (nSPS) is 10.4. The number of rotatable bonds is 2. The summed E-state index contributed by atoms with van der Waals surface area (Å²) in [5.41, 5.74) is 6.77. The van der Waals surface area contributed by atoms with Gasteiger partial charge in [-0.2, -0.15) is 0 Å². The molecule has 0 aliphatic heterocycles. The Morgan fingerprint density at radius 2 is 1.83 bits per heavy atom. The van der Waals surface area contributed by atoms with E-state index in [9.17, 15) is 8.78 Å². The van der Waals surface area contributed by atoms with Crippen molar-refractivity contribution in [2.24, 2.45) is 0 Å².